The molecule has 0 aliphatic rings. The fraction of sp³-hybridized carbons (Fsp3) is 0.389. The minimum atomic E-state index is -0.570. The van der Waals surface area contributed by atoms with Crippen molar-refractivity contribution >= 4 is 16.7 Å². The Labute approximate surface area is 131 Å². The van der Waals surface area contributed by atoms with Gasteiger partial charge in [0.25, 0.3) is 0 Å². The first-order valence-corrected chi connectivity index (χ1v) is 7.49. The Morgan fingerprint density at radius 1 is 1.32 bits per heavy atom. The summed E-state index contributed by atoms with van der Waals surface area (Å²) >= 11 is 0. The van der Waals surface area contributed by atoms with E-state index < -0.39 is 5.54 Å². The van der Waals surface area contributed by atoms with E-state index >= 15 is 0 Å². The van der Waals surface area contributed by atoms with Gasteiger partial charge in [-0.05, 0) is 41.8 Å². The SMILES string of the molecule is CC[C@](C)(CO)NC(=O)Cc1cccc2ccc(OC)cc12. The fourth-order valence-corrected chi connectivity index (χ4v) is 2.39. The number of hydrogen-bond donors (Lipinski definition) is 2. The molecule has 1 atom stereocenters. The lowest BCUT2D eigenvalue weighted by molar-refractivity contribution is -0.122. The molecule has 2 aromatic rings. The zero-order chi connectivity index (χ0) is 16.2. The Hall–Kier alpha value is -2.07. The van der Waals surface area contributed by atoms with Crippen LogP contribution in [0.2, 0.25) is 0 Å². The largest absolute Gasteiger partial charge is 0.497 e. The number of benzene rings is 2. The number of methoxy groups -OCH3 is 1. The van der Waals surface area contributed by atoms with Gasteiger partial charge in [-0.25, -0.2) is 0 Å². The van der Waals surface area contributed by atoms with E-state index in [0.29, 0.717) is 6.42 Å². The van der Waals surface area contributed by atoms with Crippen molar-refractivity contribution in [3.8, 4) is 5.75 Å². The molecule has 22 heavy (non-hydrogen) atoms. The van der Waals surface area contributed by atoms with Crippen molar-refractivity contribution in [2.24, 2.45) is 0 Å². The first kappa shape index (κ1) is 16.3. The lowest BCUT2D eigenvalue weighted by atomic mass is 9.98. The molecule has 0 saturated heterocycles. The first-order valence-electron chi connectivity index (χ1n) is 7.49. The zero-order valence-electron chi connectivity index (χ0n) is 13.3. The van der Waals surface area contributed by atoms with Crippen LogP contribution in [0.5, 0.6) is 5.75 Å². The number of carbonyl (C=O) groups excluding carboxylic acids is 1. The van der Waals surface area contributed by atoms with Crippen molar-refractivity contribution < 1.29 is 14.6 Å². The molecular formula is C18H23NO3. The van der Waals surface area contributed by atoms with Crippen LogP contribution in [0.3, 0.4) is 0 Å². The Bertz CT molecular complexity index is 662. The number of rotatable bonds is 6. The number of fused-ring (bicyclic) bond motifs is 1. The zero-order valence-corrected chi connectivity index (χ0v) is 13.3. The molecule has 0 radical (unpaired) electrons. The van der Waals surface area contributed by atoms with Crippen molar-refractivity contribution in [1.82, 2.24) is 5.32 Å². The lowest BCUT2D eigenvalue weighted by Gasteiger charge is -2.27. The monoisotopic (exact) mass is 301 g/mol. The molecule has 1 amide bonds. The van der Waals surface area contributed by atoms with E-state index in [9.17, 15) is 9.90 Å². The van der Waals surface area contributed by atoms with Gasteiger partial charge in [0.15, 0.2) is 0 Å². The van der Waals surface area contributed by atoms with E-state index in [1.807, 2.05) is 50.2 Å². The van der Waals surface area contributed by atoms with Crippen LogP contribution >= 0.6 is 0 Å². The number of carbonyl (C=O) groups is 1. The summed E-state index contributed by atoms with van der Waals surface area (Å²) in [5.74, 6) is 0.683. The van der Waals surface area contributed by atoms with Gasteiger partial charge in [0, 0.05) is 0 Å². The van der Waals surface area contributed by atoms with Crippen LogP contribution in [0.1, 0.15) is 25.8 Å². The topological polar surface area (TPSA) is 58.6 Å². The summed E-state index contributed by atoms with van der Waals surface area (Å²) in [5.41, 5.74) is 0.379. The molecule has 2 N–H and O–H groups in total. The molecule has 0 aromatic heterocycles. The number of hydrogen-bond acceptors (Lipinski definition) is 3. The molecule has 4 heteroatoms. The fourth-order valence-electron chi connectivity index (χ4n) is 2.39. The maximum absolute atomic E-state index is 12.3. The molecular weight excluding hydrogens is 278 g/mol. The minimum absolute atomic E-state index is 0.0708. The number of nitrogens with one attached hydrogen (secondary N) is 1. The van der Waals surface area contributed by atoms with Gasteiger partial charge in [0.05, 0.1) is 25.7 Å². The summed E-state index contributed by atoms with van der Waals surface area (Å²) in [5, 5.41) is 14.4. The number of amides is 1. The average Bonchev–Trinajstić information content (AvgIpc) is 2.54. The van der Waals surface area contributed by atoms with Gasteiger partial charge in [-0.15, -0.1) is 0 Å². The summed E-state index contributed by atoms with van der Waals surface area (Å²) in [7, 11) is 1.63. The molecule has 0 fully saturated rings. The third-order valence-electron chi connectivity index (χ3n) is 4.10. The highest BCUT2D eigenvalue weighted by Crippen LogP contribution is 2.24. The van der Waals surface area contributed by atoms with Gasteiger partial charge in [0.2, 0.25) is 5.91 Å². The quantitative estimate of drug-likeness (QED) is 0.862. The van der Waals surface area contributed by atoms with Crippen LogP contribution < -0.4 is 10.1 Å². The van der Waals surface area contributed by atoms with Crippen LogP contribution in [0, 0.1) is 0 Å². The first-order chi connectivity index (χ1) is 10.5. The molecule has 4 nitrogen and oxygen atoms in total. The summed E-state index contributed by atoms with van der Waals surface area (Å²) in [6.07, 6.45) is 0.957. The molecule has 0 heterocycles. The van der Waals surface area contributed by atoms with E-state index in [0.717, 1.165) is 22.1 Å². The predicted octanol–water partition coefficient (Wildman–Crippen LogP) is 2.67. The van der Waals surface area contributed by atoms with Gasteiger partial charge in [-0.1, -0.05) is 31.2 Å². The molecule has 2 aromatic carbocycles. The van der Waals surface area contributed by atoms with E-state index in [2.05, 4.69) is 5.32 Å². The van der Waals surface area contributed by atoms with E-state index in [4.69, 9.17) is 4.74 Å². The standard InChI is InChI=1S/C18H23NO3/c1-4-18(2,12-20)19-17(21)10-14-7-5-6-13-8-9-15(22-3)11-16(13)14/h5-9,11,20H,4,10,12H2,1-3H3,(H,19,21)/t18-/m1/s1. The van der Waals surface area contributed by atoms with E-state index in [1.54, 1.807) is 7.11 Å². The summed E-state index contributed by atoms with van der Waals surface area (Å²) in [6.45, 7) is 3.72. The molecule has 2 rings (SSSR count). The number of aliphatic hydroxyl groups is 1. The molecule has 0 unspecified atom stereocenters. The summed E-state index contributed by atoms with van der Waals surface area (Å²) in [4.78, 5) is 12.3. The van der Waals surface area contributed by atoms with Gasteiger partial charge in [0.1, 0.15) is 5.75 Å². The van der Waals surface area contributed by atoms with Crippen molar-refractivity contribution in [1.29, 1.82) is 0 Å². The smallest absolute Gasteiger partial charge is 0.224 e. The minimum Gasteiger partial charge on any atom is -0.497 e. The van der Waals surface area contributed by atoms with Crippen molar-refractivity contribution in [3.63, 3.8) is 0 Å². The van der Waals surface area contributed by atoms with Gasteiger partial charge in [-0.2, -0.15) is 0 Å². The van der Waals surface area contributed by atoms with Crippen LogP contribution in [0.4, 0.5) is 0 Å². The Kier molecular flexibility index (Phi) is 5.03. The molecule has 0 aliphatic carbocycles. The Morgan fingerprint density at radius 3 is 2.73 bits per heavy atom. The normalized spacial score (nSPS) is 13.6. The number of aliphatic hydroxyl groups excluding tert-OH is 1. The van der Waals surface area contributed by atoms with Crippen LogP contribution in [0.15, 0.2) is 36.4 Å². The van der Waals surface area contributed by atoms with Crippen molar-refractivity contribution in [3.05, 3.63) is 42.0 Å². The molecule has 0 aliphatic heterocycles. The van der Waals surface area contributed by atoms with Gasteiger partial charge in [-0.3, -0.25) is 4.79 Å². The summed E-state index contributed by atoms with van der Waals surface area (Å²) < 4.78 is 5.26. The molecule has 0 spiro atoms. The van der Waals surface area contributed by atoms with Gasteiger partial charge >= 0.3 is 0 Å². The second kappa shape index (κ2) is 6.79. The Morgan fingerprint density at radius 2 is 2.09 bits per heavy atom. The highest BCUT2D eigenvalue weighted by molar-refractivity contribution is 5.91. The maximum Gasteiger partial charge on any atom is 0.224 e. The number of ether oxygens (including phenoxy) is 1. The van der Waals surface area contributed by atoms with Crippen LogP contribution in [-0.2, 0) is 11.2 Å². The van der Waals surface area contributed by atoms with Crippen LogP contribution in [-0.4, -0.2) is 30.3 Å². The third kappa shape index (κ3) is 3.57. The highest BCUT2D eigenvalue weighted by atomic mass is 16.5. The third-order valence-corrected chi connectivity index (χ3v) is 4.10. The van der Waals surface area contributed by atoms with E-state index in [-0.39, 0.29) is 18.9 Å². The second-order valence-electron chi connectivity index (χ2n) is 5.80. The van der Waals surface area contributed by atoms with Crippen molar-refractivity contribution in [2.75, 3.05) is 13.7 Å². The Balaban J connectivity index is 2.26. The summed E-state index contributed by atoms with van der Waals surface area (Å²) in [6, 6.07) is 11.8. The van der Waals surface area contributed by atoms with Gasteiger partial charge < -0.3 is 15.2 Å². The molecule has 118 valence electrons. The predicted molar refractivity (Wildman–Crippen MR) is 88.1 cm³/mol. The van der Waals surface area contributed by atoms with Crippen molar-refractivity contribution in [2.45, 2.75) is 32.2 Å². The maximum atomic E-state index is 12.3. The highest BCUT2D eigenvalue weighted by Gasteiger charge is 2.23. The average molecular weight is 301 g/mol. The second-order valence-corrected chi connectivity index (χ2v) is 5.80. The van der Waals surface area contributed by atoms with E-state index in [1.165, 1.54) is 0 Å². The lowest BCUT2D eigenvalue weighted by Crippen LogP contribution is -2.48. The molecule has 0 saturated carbocycles. The van der Waals surface area contributed by atoms with Crippen LogP contribution in [0.25, 0.3) is 10.8 Å². The molecule has 0 bridgehead atoms.